The number of nitrogens with one attached hydrogen (secondary N) is 1. The van der Waals surface area contributed by atoms with E-state index in [1.54, 1.807) is 0 Å². The van der Waals surface area contributed by atoms with Crippen LogP contribution in [0.5, 0.6) is 0 Å². The molecule has 0 aliphatic carbocycles. The van der Waals surface area contributed by atoms with Crippen LogP contribution in [0.2, 0.25) is 0 Å². The topological polar surface area (TPSA) is 55.1 Å². The van der Waals surface area contributed by atoms with E-state index in [-0.39, 0.29) is 11.8 Å². The van der Waals surface area contributed by atoms with E-state index < -0.39 is 0 Å². The highest BCUT2D eigenvalue weighted by Crippen LogP contribution is 2.16. The number of rotatable bonds is 5. The Morgan fingerprint density at radius 2 is 2.31 bits per heavy atom. The number of carbonyl (C=O) groups is 1. The zero-order chi connectivity index (χ0) is 12.0. The lowest BCUT2D eigenvalue weighted by Crippen LogP contribution is -2.21. The molecule has 0 heterocycles. The Kier molecular flexibility index (Phi) is 5.49. The number of carbonyl (C=O) groups excluding carboxylic acids is 1. The summed E-state index contributed by atoms with van der Waals surface area (Å²) in [4.78, 5) is 11.7. The second kappa shape index (κ2) is 6.66. The van der Waals surface area contributed by atoms with Crippen LogP contribution in [-0.4, -0.2) is 12.5 Å². The van der Waals surface area contributed by atoms with E-state index in [9.17, 15) is 4.79 Å². The smallest absolute Gasteiger partial charge is 0.224 e. The number of anilines is 1. The summed E-state index contributed by atoms with van der Waals surface area (Å²) in [7, 11) is 0. The molecule has 0 aliphatic rings. The van der Waals surface area contributed by atoms with Crippen LogP contribution < -0.4 is 11.1 Å². The molecule has 1 atom stereocenters. The first-order chi connectivity index (χ1) is 7.65. The Labute approximate surface area is 105 Å². The van der Waals surface area contributed by atoms with Crippen LogP contribution >= 0.6 is 15.9 Å². The van der Waals surface area contributed by atoms with Gasteiger partial charge in [0.2, 0.25) is 5.91 Å². The maximum atomic E-state index is 11.7. The molecule has 16 heavy (non-hydrogen) atoms. The van der Waals surface area contributed by atoms with Gasteiger partial charge in [-0.2, -0.15) is 0 Å². The summed E-state index contributed by atoms with van der Waals surface area (Å²) in [5.41, 5.74) is 6.37. The molecule has 1 rings (SSSR count). The molecule has 0 spiro atoms. The maximum absolute atomic E-state index is 11.7. The zero-order valence-corrected chi connectivity index (χ0v) is 11.0. The number of benzene rings is 1. The SMILES string of the molecule is CCC(CN)CC(=O)Nc1cccc(Br)c1. The quantitative estimate of drug-likeness (QED) is 0.874. The molecule has 1 aromatic rings. The van der Waals surface area contributed by atoms with Gasteiger partial charge in [-0.1, -0.05) is 35.3 Å². The highest BCUT2D eigenvalue weighted by molar-refractivity contribution is 9.10. The molecule has 1 unspecified atom stereocenters. The van der Waals surface area contributed by atoms with E-state index in [2.05, 4.69) is 21.2 Å². The van der Waals surface area contributed by atoms with Crippen LogP contribution in [-0.2, 0) is 4.79 Å². The van der Waals surface area contributed by atoms with E-state index in [1.165, 1.54) is 0 Å². The van der Waals surface area contributed by atoms with Gasteiger partial charge in [0.15, 0.2) is 0 Å². The predicted molar refractivity (Wildman–Crippen MR) is 70.2 cm³/mol. The molecular weight excluding hydrogens is 268 g/mol. The predicted octanol–water partition coefficient (Wildman–Crippen LogP) is 2.76. The van der Waals surface area contributed by atoms with Gasteiger partial charge in [-0.15, -0.1) is 0 Å². The Morgan fingerprint density at radius 3 is 2.88 bits per heavy atom. The van der Waals surface area contributed by atoms with Gasteiger partial charge in [0, 0.05) is 16.6 Å². The van der Waals surface area contributed by atoms with Crippen LogP contribution in [0, 0.1) is 5.92 Å². The zero-order valence-electron chi connectivity index (χ0n) is 9.37. The second-order valence-corrected chi connectivity index (χ2v) is 4.69. The standard InChI is InChI=1S/C12H17BrN2O/c1-2-9(8-14)6-12(16)15-11-5-3-4-10(13)7-11/h3-5,7,9H,2,6,8,14H2,1H3,(H,15,16). The van der Waals surface area contributed by atoms with E-state index in [1.807, 2.05) is 31.2 Å². The average molecular weight is 285 g/mol. The molecule has 88 valence electrons. The second-order valence-electron chi connectivity index (χ2n) is 3.77. The van der Waals surface area contributed by atoms with Crippen molar-refractivity contribution in [3.05, 3.63) is 28.7 Å². The first-order valence-corrected chi connectivity index (χ1v) is 6.20. The summed E-state index contributed by atoms with van der Waals surface area (Å²) >= 11 is 3.36. The summed E-state index contributed by atoms with van der Waals surface area (Å²) in [6, 6.07) is 7.55. The lowest BCUT2D eigenvalue weighted by atomic mass is 10.0. The van der Waals surface area contributed by atoms with Crippen molar-refractivity contribution in [2.45, 2.75) is 19.8 Å². The van der Waals surface area contributed by atoms with Crippen LogP contribution in [0.4, 0.5) is 5.69 Å². The van der Waals surface area contributed by atoms with Gasteiger partial charge in [0.25, 0.3) is 0 Å². The molecule has 3 N–H and O–H groups in total. The molecule has 0 aromatic heterocycles. The molecule has 0 aliphatic heterocycles. The van der Waals surface area contributed by atoms with Crippen molar-refractivity contribution in [3.8, 4) is 0 Å². The minimum atomic E-state index is 0.0235. The molecule has 1 amide bonds. The number of hydrogen-bond acceptors (Lipinski definition) is 2. The summed E-state index contributed by atoms with van der Waals surface area (Å²) in [6.45, 7) is 2.60. The molecule has 1 aromatic carbocycles. The molecule has 0 bridgehead atoms. The number of amides is 1. The fourth-order valence-corrected chi connectivity index (χ4v) is 1.83. The van der Waals surface area contributed by atoms with E-state index in [0.717, 1.165) is 16.6 Å². The molecule has 0 saturated heterocycles. The van der Waals surface area contributed by atoms with Gasteiger partial charge >= 0.3 is 0 Å². The number of hydrogen-bond donors (Lipinski definition) is 2. The minimum absolute atomic E-state index is 0.0235. The first-order valence-electron chi connectivity index (χ1n) is 5.41. The molecule has 0 saturated carbocycles. The van der Waals surface area contributed by atoms with Crippen molar-refractivity contribution in [1.82, 2.24) is 0 Å². The van der Waals surface area contributed by atoms with Crippen molar-refractivity contribution in [2.75, 3.05) is 11.9 Å². The Bertz CT molecular complexity index is 351. The largest absolute Gasteiger partial charge is 0.330 e. The van der Waals surface area contributed by atoms with Crippen molar-refractivity contribution in [2.24, 2.45) is 11.7 Å². The van der Waals surface area contributed by atoms with Gasteiger partial charge in [0.05, 0.1) is 0 Å². The summed E-state index contributed by atoms with van der Waals surface area (Å²) in [6.07, 6.45) is 1.42. The summed E-state index contributed by atoms with van der Waals surface area (Å²) in [5.74, 6) is 0.294. The highest BCUT2D eigenvalue weighted by atomic mass is 79.9. The fourth-order valence-electron chi connectivity index (χ4n) is 1.43. The summed E-state index contributed by atoms with van der Waals surface area (Å²) in [5, 5.41) is 2.86. The average Bonchev–Trinajstić information content (AvgIpc) is 2.26. The van der Waals surface area contributed by atoms with Crippen molar-refractivity contribution in [3.63, 3.8) is 0 Å². The normalized spacial score (nSPS) is 12.2. The molecule has 3 nitrogen and oxygen atoms in total. The number of halogens is 1. The Hall–Kier alpha value is -0.870. The van der Waals surface area contributed by atoms with Gasteiger partial charge in [-0.3, -0.25) is 4.79 Å². The van der Waals surface area contributed by atoms with Gasteiger partial charge in [-0.25, -0.2) is 0 Å². The van der Waals surface area contributed by atoms with Crippen LogP contribution in [0.1, 0.15) is 19.8 Å². The minimum Gasteiger partial charge on any atom is -0.330 e. The van der Waals surface area contributed by atoms with Crippen LogP contribution in [0.3, 0.4) is 0 Å². The number of nitrogens with two attached hydrogens (primary N) is 1. The maximum Gasteiger partial charge on any atom is 0.224 e. The third-order valence-corrected chi connectivity index (χ3v) is 2.99. The fraction of sp³-hybridized carbons (Fsp3) is 0.417. The van der Waals surface area contributed by atoms with Crippen molar-refractivity contribution < 1.29 is 4.79 Å². The summed E-state index contributed by atoms with van der Waals surface area (Å²) < 4.78 is 0.955. The van der Waals surface area contributed by atoms with Gasteiger partial charge in [-0.05, 0) is 30.7 Å². The first kappa shape index (κ1) is 13.2. The van der Waals surface area contributed by atoms with Crippen LogP contribution in [0.15, 0.2) is 28.7 Å². The highest BCUT2D eigenvalue weighted by Gasteiger charge is 2.10. The third kappa shape index (κ3) is 4.33. The molecule has 0 fully saturated rings. The van der Waals surface area contributed by atoms with E-state index >= 15 is 0 Å². The lowest BCUT2D eigenvalue weighted by molar-refractivity contribution is -0.117. The van der Waals surface area contributed by atoms with Gasteiger partial charge in [0.1, 0.15) is 0 Å². The molecular formula is C12H17BrN2O. The molecule has 0 radical (unpaired) electrons. The monoisotopic (exact) mass is 284 g/mol. The third-order valence-electron chi connectivity index (χ3n) is 2.49. The van der Waals surface area contributed by atoms with Crippen molar-refractivity contribution in [1.29, 1.82) is 0 Å². The Balaban J connectivity index is 2.51. The molecule has 4 heteroatoms. The van der Waals surface area contributed by atoms with Gasteiger partial charge < -0.3 is 11.1 Å². The Morgan fingerprint density at radius 1 is 1.56 bits per heavy atom. The van der Waals surface area contributed by atoms with Crippen LogP contribution in [0.25, 0.3) is 0 Å². The van der Waals surface area contributed by atoms with E-state index in [4.69, 9.17) is 5.73 Å². The van der Waals surface area contributed by atoms with E-state index in [0.29, 0.717) is 13.0 Å². The lowest BCUT2D eigenvalue weighted by Gasteiger charge is -2.12. The van der Waals surface area contributed by atoms with Crippen molar-refractivity contribution >= 4 is 27.5 Å².